The van der Waals surface area contributed by atoms with Crippen molar-refractivity contribution in [3.05, 3.63) is 89.4 Å². The normalized spacial score (nSPS) is 10.4. The van der Waals surface area contributed by atoms with Crippen molar-refractivity contribution in [3.63, 3.8) is 0 Å². The second-order valence-corrected chi connectivity index (χ2v) is 6.97. The Morgan fingerprint density at radius 3 is 2.44 bits per heavy atom. The van der Waals surface area contributed by atoms with Gasteiger partial charge in [-0.3, -0.25) is 14.1 Å². The van der Waals surface area contributed by atoms with Crippen LogP contribution in [-0.4, -0.2) is 28.6 Å². The highest BCUT2D eigenvalue weighted by atomic mass is 35.5. The standard InChI is InChI=1S/C23H17ClN4O4/c24-18-12-6-4-10-16(18)21-27-23(32-28-21)31-14-20(29)26-19-13-7-5-11-17(19)22(30)25-15-8-2-1-3-9-15/h1-13H,14H2,(H,25,30)(H,26,29). The molecule has 0 saturated heterocycles. The van der Waals surface area contributed by atoms with Gasteiger partial charge in [-0.25, -0.2) is 0 Å². The number of halogens is 1. The number of aromatic nitrogens is 2. The predicted molar refractivity (Wildman–Crippen MR) is 120 cm³/mol. The maximum atomic E-state index is 12.6. The van der Waals surface area contributed by atoms with Crippen LogP contribution in [0.5, 0.6) is 6.08 Å². The van der Waals surface area contributed by atoms with E-state index < -0.39 is 12.5 Å². The lowest BCUT2D eigenvalue weighted by Gasteiger charge is -2.11. The van der Waals surface area contributed by atoms with E-state index in [1.54, 1.807) is 60.7 Å². The molecule has 0 spiro atoms. The summed E-state index contributed by atoms with van der Waals surface area (Å²) in [5.74, 6) is -0.606. The number of benzene rings is 3. The first-order valence-electron chi connectivity index (χ1n) is 9.57. The maximum absolute atomic E-state index is 12.6. The molecule has 0 atom stereocenters. The number of para-hydroxylation sites is 2. The van der Waals surface area contributed by atoms with Gasteiger partial charge in [0.2, 0.25) is 5.82 Å². The van der Waals surface area contributed by atoms with Crippen molar-refractivity contribution < 1.29 is 18.8 Å². The van der Waals surface area contributed by atoms with Crippen molar-refractivity contribution in [1.29, 1.82) is 0 Å². The number of nitrogens with one attached hydrogen (secondary N) is 2. The molecule has 0 aliphatic rings. The van der Waals surface area contributed by atoms with Gasteiger partial charge >= 0.3 is 6.08 Å². The zero-order valence-electron chi connectivity index (χ0n) is 16.6. The smallest absolute Gasteiger partial charge is 0.418 e. The fourth-order valence-corrected chi connectivity index (χ4v) is 3.06. The van der Waals surface area contributed by atoms with Crippen molar-refractivity contribution in [2.24, 2.45) is 0 Å². The third kappa shape index (κ3) is 5.11. The molecule has 8 nitrogen and oxygen atoms in total. The number of amides is 2. The van der Waals surface area contributed by atoms with Crippen molar-refractivity contribution in [1.82, 2.24) is 10.1 Å². The minimum Gasteiger partial charge on any atom is -0.439 e. The summed E-state index contributed by atoms with van der Waals surface area (Å²) in [5.41, 5.74) is 1.88. The highest BCUT2D eigenvalue weighted by molar-refractivity contribution is 6.33. The largest absolute Gasteiger partial charge is 0.439 e. The van der Waals surface area contributed by atoms with Crippen LogP contribution in [0.2, 0.25) is 5.02 Å². The molecule has 0 radical (unpaired) electrons. The van der Waals surface area contributed by atoms with Crippen LogP contribution in [0, 0.1) is 0 Å². The SMILES string of the molecule is O=C(COc1nc(-c2ccccc2Cl)no1)Nc1ccccc1C(=O)Nc1ccccc1. The van der Waals surface area contributed by atoms with Crippen molar-refractivity contribution in [3.8, 4) is 17.5 Å². The first kappa shape index (κ1) is 21.1. The number of ether oxygens (including phenoxy) is 1. The monoisotopic (exact) mass is 448 g/mol. The topological polar surface area (TPSA) is 106 Å². The molecule has 2 amide bonds. The lowest BCUT2D eigenvalue weighted by Crippen LogP contribution is -2.22. The van der Waals surface area contributed by atoms with Crippen LogP contribution in [-0.2, 0) is 4.79 Å². The van der Waals surface area contributed by atoms with Crippen molar-refractivity contribution >= 4 is 34.8 Å². The third-order valence-corrected chi connectivity index (χ3v) is 4.66. The van der Waals surface area contributed by atoms with Gasteiger partial charge in [0.25, 0.3) is 11.8 Å². The van der Waals surface area contributed by atoms with E-state index in [9.17, 15) is 9.59 Å². The number of hydrogen-bond acceptors (Lipinski definition) is 6. The highest BCUT2D eigenvalue weighted by Gasteiger charge is 2.16. The van der Waals surface area contributed by atoms with Crippen LogP contribution < -0.4 is 15.4 Å². The summed E-state index contributed by atoms with van der Waals surface area (Å²) in [4.78, 5) is 29.1. The average molecular weight is 449 g/mol. The van der Waals surface area contributed by atoms with E-state index in [1.807, 2.05) is 18.2 Å². The van der Waals surface area contributed by atoms with Gasteiger partial charge < -0.3 is 15.4 Å². The van der Waals surface area contributed by atoms with E-state index in [2.05, 4.69) is 20.8 Å². The third-order valence-electron chi connectivity index (χ3n) is 4.33. The molecule has 3 aromatic carbocycles. The number of carbonyl (C=O) groups excluding carboxylic acids is 2. The molecule has 160 valence electrons. The molecule has 0 saturated carbocycles. The Morgan fingerprint density at radius 1 is 0.906 bits per heavy atom. The Hall–Kier alpha value is -4.17. The van der Waals surface area contributed by atoms with Gasteiger partial charge in [-0.05, 0) is 36.4 Å². The molecule has 0 fully saturated rings. The van der Waals surface area contributed by atoms with Crippen molar-refractivity contribution in [2.45, 2.75) is 0 Å². The highest BCUT2D eigenvalue weighted by Crippen LogP contribution is 2.26. The van der Waals surface area contributed by atoms with E-state index in [1.165, 1.54) is 0 Å². The molecule has 0 aliphatic heterocycles. The van der Waals surface area contributed by atoms with Crippen LogP contribution in [0.1, 0.15) is 10.4 Å². The van der Waals surface area contributed by atoms with Gasteiger partial charge in [0.15, 0.2) is 6.61 Å². The Kier molecular flexibility index (Phi) is 6.43. The minimum absolute atomic E-state index is 0.176. The second kappa shape index (κ2) is 9.76. The molecule has 9 heteroatoms. The van der Waals surface area contributed by atoms with Crippen molar-refractivity contribution in [2.75, 3.05) is 17.2 Å². The maximum Gasteiger partial charge on any atom is 0.418 e. The van der Waals surface area contributed by atoms with E-state index in [-0.39, 0.29) is 17.8 Å². The molecule has 1 aromatic heterocycles. The van der Waals surface area contributed by atoms with Gasteiger partial charge in [0.1, 0.15) is 0 Å². The molecule has 0 bridgehead atoms. The number of nitrogens with zero attached hydrogens (tertiary/aromatic N) is 2. The summed E-state index contributed by atoms with van der Waals surface area (Å²) in [6.45, 7) is -0.390. The Bertz CT molecular complexity index is 1240. The van der Waals surface area contributed by atoms with Gasteiger partial charge in [-0.15, -0.1) is 0 Å². The fraction of sp³-hybridized carbons (Fsp3) is 0.0435. The molecule has 2 N–H and O–H groups in total. The lowest BCUT2D eigenvalue weighted by atomic mass is 10.1. The molecule has 1 heterocycles. The molecule has 0 aliphatic carbocycles. The molecular weight excluding hydrogens is 432 g/mol. The molecule has 32 heavy (non-hydrogen) atoms. The van der Waals surface area contributed by atoms with Gasteiger partial charge in [-0.1, -0.05) is 59.2 Å². The van der Waals surface area contributed by atoms with Crippen LogP contribution in [0.4, 0.5) is 11.4 Å². The average Bonchev–Trinajstić information content (AvgIpc) is 3.28. The molecule has 0 unspecified atom stereocenters. The summed E-state index contributed by atoms with van der Waals surface area (Å²) in [6, 6.07) is 22.7. The van der Waals surface area contributed by atoms with Crippen LogP contribution in [0.3, 0.4) is 0 Å². The quantitative estimate of drug-likeness (QED) is 0.426. The zero-order valence-corrected chi connectivity index (χ0v) is 17.4. The summed E-state index contributed by atoms with van der Waals surface area (Å²) in [7, 11) is 0. The van der Waals surface area contributed by atoms with Gasteiger partial charge in [0.05, 0.1) is 16.3 Å². The number of hydrogen-bond donors (Lipinski definition) is 2. The Balaban J connectivity index is 1.38. The molecule has 4 rings (SSSR count). The van der Waals surface area contributed by atoms with Gasteiger partial charge in [-0.2, -0.15) is 4.98 Å². The van der Waals surface area contributed by atoms with Gasteiger partial charge in [0, 0.05) is 11.3 Å². The summed E-state index contributed by atoms with van der Waals surface area (Å²) in [5, 5.41) is 9.71. The number of carbonyl (C=O) groups is 2. The van der Waals surface area contributed by atoms with Crippen LogP contribution in [0.15, 0.2) is 83.4 Å². The minimum atomic E-state index is -0.498. The fourth-order valence-electron chi connectivity index (χ4n) is 2.84. The van der Waals surface area contributed by atoms with E-state index in [0.29, 0.717) is 27.5 Å². The first-order chi connectivity index (χ1) is 15.6. The first-order valence-corrected chi connectivity index (χ1v) is 9.94. The van der Waals surface area contributed by atoms with Crippen LogP contribution in [0.25, 0.3) is 11.4 Å². The van der Waals surface area contributed by atoms with E-state index >= 15 is 0 Å². The van der Waals surface area contributed by atoms with E-state index in [4.69, 9.17) is 20.9 Å². The predicted octanol–water partition coefficient (Wildman–Crippen LogP) is 4.66. The summed E-state index contributed by atoms with van der Waals surface area (Å²) >= 11 is 6.12. The number of rotatable bonds is 7. The zero-order chi connectivity index (χ0) is 22.3. The van der Waals surface area contributed by atoms with Crippen LogP contribution >= 0.6 is 11.6 Å². The number of anilines is 2. The summed E-state index contributed by atoms with van der Waals surface area (Å²) in [6.07, 6.45) is -0.176. The Labute approximate surface area is 188 Å². The lowest BCUT2D eigenvalue weighted by molar-refractivity contribution is -0.118. The van der Waals surface area contributed by atoms with E-state index in [0.717, 1.165) is 0 Å². The summed E-state index contributed by atoms with van der Waals surface area (Å²) < 4.78 is 10.3. The molecular formula is C23H17ClN4O4. The Morgan fingerprint density at radius 2 is 1.62 bits per heavy atom. The molecule has 4 aromatic rings. The second-order valence-electron chi connectivity index (χ2n) is 6.57.